The van der Waals surface area contributed by atoms with Crippen LogP contribution < -0.4 is 0 Å². The van der Waals surface area contributed by atoms with Crippen LogP contribution in [0, 0.1) is 0 Å². The molecule has 0 aliphatic rings. The first-order valence-electron chi connectivity index (χ1n) is 12.7. The molecule has 0 aliphatic heterocycles. The Bertz CT molecular complexity index is 252. The maximum atomic E-state index is 11.9. The highest BCUT2D eigenvalue weighted by Gasteiger charge is 2.02. The number of rotatable bonds is 22. The molecule has 0 rings (SSSR count). The van der Waals surface area contributed by atoms with E-state index in [1.807, 2.05) is 5.83 Å². The van der Waals surface area contributed by atoms with E-state index in [2.05, 4.69) is 29.8 Å². The number of hydrogen-bond donors (Lipinski definition) is 0. The molecule has 0 aromatic carbocycles. The highest BCUT2D eigenvalue weighted by molar-refractivity contribution is 9.08. The summed E-state index contributed by atoms with van der Waals surface area (Å²) >= 11 is 2.94. The molecule has 0 N–H and O–H groups in total. The van der Waals surface area contributed by atoms with E-state index in [0.717, 1.165) is 25.7 Å². The van der Waals surface area contributed by atoms with Crippen molar-refractivity contribution in [2.24, 2.45) is 0 Å². The van der Waals surface area contributed by atoms with Gasteiger partial charge >= 0.3 is 0 Å². The molecule has 170 valence electrons. The van der Waals surface area contributed by atoms with Crippen LogP contribution >= 0.6 is 15.9 Å². The van der Waals surface area contributed by atoms with Crippen molar-refractivity contribution in [3.63, 3.8) is 0 Å². The normalized spacial score (nSPS) is 10.6. The van der Waals surface area contributed by atoms with Crippen LogP contribution in [0.25, 0.3) is 0 Å². The lowest BCUT2D eigenvalue weighted by Gasteiger charge is -2.04. The van der Waals surface area contributed by atoms with E-state index in [1.54, 1.807) is 0 Å². The molecule has 2 heteroatoms. The summed E-state index contributed by atoms with van der Waals surface area (Å²) in [4.78, 5) is 11.9. The number of Topliss-reactive ketones (excluding diaryl/α,β-unsaturated/α-hetero) is 1. The zero-order valence-corrected chi connectivity index (χ0v) is 21.4. The van der Waals surface area contributed by atoms with Crippen LogP contribution in [0.1, 0.15) is 155 Å². The minimum atomic E-state index is 0.518. The zero-order chi connectivity index (χ0) is 21.1. The van der Waals surface area contributed by atoms with Crippen molar-refractivity contribution in [1.82, 2.24) is 0 Å². The summed E-state index contributed by atoms with van der Waals surface area (Å²) in [6.45, 7) is 4.55. The van der Waals surface area contributed by atoms with Gasteiger partial charge in [-0.05, 0) is 18.7 Å². The summed E-state index contributed by atoms with van der Waals surface area (Å²) < 4.78 is 0. The number of carbonyl (C=O) groups is 1. The fourth-order valence-electron chi connectivity index (χ4n) is 3.74. The minimum Gasteiger partial charge on any atom is -0.300 e. The van der Waals surface area contributed by atoms with Gasteiger partial charge in [-0.3, -0.25) is 4.79 Å². The Hall–Kier alpha value is 0.150. The van der Waals surface area contributed by atoms with Crippen molar-refractivity contribution in [3.05, 3.63) is 0 Å². The van der Waals surface area contributed by atoms with E-state index >= 15 is 0 Å². The van der Waals surface area contributed by atoms with E-state index < -0.39 is 0 Å². The van der Waals surface area contributed by atoms with Crippen LogP contribution in [0.3, 0.4) is 0 Å². The lowest BCUT2D eigenvalue weighted by atomic mass is 10.0. The fraction of sp³-hybridized carbons (Fsp3) is 0.962. The van der Waals surface area contributed by atoms with E-state index in [1.165, 1.54) is 116 Å². The molecule has 0 bridgehead atoms. The fourth-order valence-corrected chi connectivity index (χ4v) is 3.74. The number of ketones is 1. The van der Waals surface area contributed by atoms with Gasteiger partial charge in [-0.15, -0.1) is 0 Å². The molecule has 0 fully saturated rings. The second-order valence-corrected chi connectivity index (χ2v) is 8.40. The molecule has 0 unspecified atom stereocenters. The molecule has 0 saturated heterocycles. The number of carbonyl (C=O) groups excluding carboxylic acids is 1. The Balaban J connectivity index is 0. The molecular formula is C26H53BrO. The Morgan fingerprint density at radius 1 is 0.429 bits per heavy atom. The summed E-state index contributed by atoms with van der Waals surface area (Å²) in [7, 11) is 0. The van der Waals surface area contributed by atoms with Gasteiger partial charge in [0.1, 0.15) is 5.78 Å². The maximum Gasteiger partial charge on any atom is 0.132 e. The van der Waals surface area contributed by atoms with E-state index in [9.17, 15) is 4.79 Å². The van der Waals surface area contributed by atoms with Gasteiger partial charge in [-0.1, -0.05) is 145 Å². The molecule has 0 atom stereocenters. The maximum absolute atomic E-state index is 11.9. The summed E-state index contributed by atoms with van der Waals surface area (Å²) in [5.41, 5.74) is 0. The SMILES string of the molecule is CBr.CCCCCCCCCCCCC(=O)CCCCCCCCCCCC. The van der Waals surface area contributed by atoms with Crippen LogP contribution in [-0.4, -0.2) is 11.6 Å². The van der Waals surface area contributed by atoms with Gasteiger partial charge in [-0.2, -0.15) is 0 Å². The molecule has 0 radical (unpaired) electrons. The first-order valence-corrected chi connectivity index (χ1v) is 14.3. The van der Waals surface area contributed by atoms with Crippen LogP contribution in [0.4, 0.5) is 0 Å². The first-order chi connectivity index (χ1) is 13.8. The molecule has 28 heavy (non-hydrogen) atoms. The van der Waals surface area contributed by atoms with Crippen molar-refractivity contribution in [1.29, 1.82) is 0 Å². The smallest absolute Gasteiger partial charge is 0.132 e. The highest BCUT2D eigenvalue weighted by Crippen LogP contribution is 2.14. The third-order valence-corrected chi connectivity index (χ3v) is 5.62. The average Bonchev–Trinajstić information content (AvgIpc) is 2.72. The molecule has 0 aliphatic carbocycles. The van der Waals surface area contributed by atoms with Crippen molar-refractivity contribution >= 4 is 21.7 Å². The van der Waals surface area contributed by atoms with Crippen LogP contribution in [0.15, 0.2) is 0 Å². The molecular weight excluding hydrogens is 408 g/mol. The van der Waals surface area contributed by atoms with Crippen molar-refractivity contribution in [2.75, 3.05) is 5.83 Å². The van der Waals surface area contributed by atoms with Crippen LogP contribution in [-0.2, 0) is 4.79 Å². The van der Waals surface area contributed by atoms with E-state index in [0.29, 0.717) is 5.78 Å². The van der Waals surface area contributed by atoms with Crippen LogP contribution in [0.5, 0.6) is 0 Å². The van der Waals surface area contributed by atoms with Gasteiger partial charge in [0.2, 0.25) is 0 Å². The predicted octanol–water partition coefficient (Wildman–Crippen LogP) is 10.2. The van der Waals surface area contributed by atoms with Gasteiger partial charge < -0.3 is 0 Å². The second-order valence-electron chi connectivity index (χ2n) is 8.40. The van der Waals surface area contributed by atoms with Gasteiger partial charge in [0, 0.05) is 12.8 Å². The molecule has 0 aromatic heterocycles. The number of unbranched alkanes of at least 4 members (excludes halogenated alkanes) is 18. The Kier molecular flexibility index (Phi) is 31.8. The summed E-state index contributed by atoms with van der Waals surface area (Å²) in [6, 6.07) is 0. The van der Waals surface area contributed by atoms with Gasteiger partial charge in [0.25, 0.3) is 0 Å². The minimum absolute atomic E-state index is 0.518. The molecule has 0 saturated carbocycles. The Labute approximate surface area is 187 Å². The molecule has 0 spiro atoms. The monoisotopic (exact) mass is 460 g/mol. The third kappa shape index (κ3) is 28.4. The average molecular weight is 462 g/mol. The second kappa shape index (κ2) is 29.4. The number of halogens is 1. The van der Waals surface area contributed by atoms with Gasteiger partial charge in [-0.25, -0.2) is 0 Å². The Morgan fingerprint density at radius 2 is 0.643 bits per heavy atom. The molecule has 0 amide bonds. The van der Waals surface area contributed by atoms with Gasteiger partial charge in [0.05, 0.1) is 0 Å². The van der Waals surface area contributed by atoms with Crippen molar-refractivity contribution in [3.8, 4) is 0 Å². The molecule has 0 heterocycles. The van der Waals surface area contributed by atoms with Crippen molar-refractivity contribution < 1.29 is 4.79 Å². The van der Waals surface area contributed by atoms with Crippen molar-refractivity contribution in [2.45, 2.75) is 155 Å². The molecule has 0 aromatic rings. The topological polar surface area (TPSA) is 17.1 Å². The lowest BCUT2D eigenvalue weighted by molar-refractivity contribution is -0.119. The van der Waals surface area contributed by atoms with E-state index in [-0.39, 0.29) is 0 Å². The number of alkyl halides is 1. The van der Waals surface area contributed by atoms with Gasteiger partial charge in [0.15, 0.2) is 0 Å². The summed E-state index contributed by atoms with van der Waals surface area (Å²) in [5.74, 6) is 2.33. The Morgan fingerprint density at radius 3 is 0.893 bits per heavy atom. The quantitative estimate of drug-likeness (QED) is 0.116. The third-order valence-electron chi connectivity index (χ3n) is 5.62. The largest absolute Gasteiger partial charge is 0.300 e. The number of hydrogen-bond acceptors (Lipinski definition) is 1. The lowest BCUT2D eigenvalue weighted by Crippen LogP contribution is -1.97. The predicted molar refractivity (Wildman–Crippen MR) is 133 cm³/mol. The van der Waals surface area contributed by atoms with E-state index in [4.69, 9.17) is 0 Å². The molecule has 1 nitrogen and oxygen atoms in total. The first kappa shape index (κ1) is 30.3. The zero-order valence-electron chi connectivity index (χ0n) is 19.8. The summed E-state index contributed by atoms with van der Waals surface area (Å²) in [6.07, 6.45) is 28.7. The highest BCUT2D eigenvalue weighted by atomic mass is 79.9. The van der Waals surface area contributed by atoms with Crippen LogP contribution in [0.2, 0.25) is 0 Å². The standard InChI is InChI=1S/C25H50O.CH3Br/c1-3-5-7-9-11-13-15-17-19-21-23-25(26)24-22-20-18-16-14-12-10-8-6-4-2;1-2/h3-24H2,1-2H3;1H3. The summed E-state index contributed by atoms with van der Waals surface area (Å²) in [5, 5.41) is 0.